The molecule has 0 aliphatic carbocycles. The number of allylic oxidation sites excluding steroid dienone is 5. The van der Waals surface area contributed by atoms with Gasteiger partial charge in [0.1, 0.15) is 6.10 Å². The molecule has 3 unspecified atom stereocenters. The number of nitrogens with one attached hydrogen (secondary N) is 1. The van der Waals surface area contributed by atoms with Crippen LogP contribution in [0, 0.1) is 0 Å². The Kier molecular flexibility index (Phi) is 25.6. The fraction of sp³-hybridized carbons (Fsp3) is 0.774. The molecule has 0 spiro atoms. The summed E-state index contributed by atoms with van der Waals surface area (Å²) in [4.78, 5) is 12.3. The highest BCUT2D eigenvalue weighted by Gasteiger charge is 2.22. The van der Waals surface area contributed by atoms with Crippen LogP contribution in [-0.4, -0.2) is 46.1 Å². The highest BCUT2D eigenvalue weighted by molar-refractivity contribution is 5.80. The van der Waals surface area contributed by atoms with Crippen molar-refractivity contribution < 1.29 is 20.1 Å². The van der Waals surface area contributed by atoms with E-state index in [1.54, 1.807) is 6.08 Å². The van der Waals surface area contributed by atoms with Crippen LogP contribution >= 0.6 is 0 Å². The molecule has 210 valence electrons. The van der Waals surface area contributed by atoms with Gasteiger partial charge in [0, 0.05) is 0 Å². The first-order valence-electron chi connectivity index (χ1n) is 14.8. The second kappa shape index (κ2) is 26.6. The molecule has 5 nitrogen and oxygen atoms in total. The molecule has 0 heterocycles. The maximum absolute atomic E-state index is 12.3. The van der Waals surface area contributed by atoms with Crippen LogP contribution < -0.4 is 5.32 Å². The van der Waals surface area contributed by atoms with Crippen molar-refractivity contribution in [1.29, 1.82) is 0 Å². The third-order valence-corrected chi connectivity index (χ3v) is 6.46. The molecular weight excluding hydrogens is 450 g/mol. The van der Waals surface area contributed by atoms with Gasteiger partial charge < -0.3 is 20.6 Å². The molecule has 0 aliphatic heterocycles. The number of aliphatic hydroxyl groups is 3. The molecule has 0 saturated heterocycles. The summed E-state index contributed by atoms with van der Waals surface area (Å²) in [5.41, 5.74) is 0. The van der Waals surface area contributed by atoms with E-state index in [1.807, 2.05) is 6.08 Å². The van der Waals surface area contributed by atoms with Crippen molar-refractivity contribution in [2.45, 2.75) is 148 Å². The average molecular weight is 508 g/mol. The molecular formula is C31H57NO4. The molecule has 1 amide bonds. The summed E-state index contributed by atoms with van der Waals surface area (Å²) in [6, 6.07) is -0.814. The normalized spacial score (nSPS) is 14.7. The Balaban J connectivity index is 3.95. The van der Waals surface area contributed by atoms with Crippen LogP contribution in [0.15, 0.2) is 36.5 Å². The zero-order valence-electron chi connectivity index (χ0n) is 23.4. The van der Waals surface area contributed by atoms with E-state index in [1.165, 1.54) is 64.2 Å². The Morgan fingerprint density at radius 3 is 1.67 bits per heavy atom. The number of aliphatic hydroxyl groups excluding tert-OH is 3. The van der Waals surface area contributed by atoms with Gasteiger partial charge >= 0.3 is 0 Å². The van der Waals surface area contributed by atoms with Gasteiger partial charge in [-0.25, -0.2) is 0 Å². The average Bonchev–Trinajstić information content (AvgIpc) is 2.88. The lowest BCUT2D eigenvalue weighted by Gasteiger charge is -2.21. The first-order chi connectivity index (χ1) is 17.6. The van der Waals surface area contributed by atoms with E-state index in [0.717, 1.165) is 44.9 Å². The highest BCUT2D eigenvalue weighted by Crippen LogP contribution is 2.12. The molecule has 0 radical (unpaired) electrons. The van der Waals surface area contributed by atoms with Crippen molar-refractivity contribution in [3.05, 3.63) is 36.5 Å². The van der Waals surface area contributed by atoms with Crippen molar-refractivity contribution in [2.75, 3.05) is 6.61 Å². The van der Waals surface area contributed by atoms with E-state index in [9.17, 15) is 20.1 Å². The van der Waals surface area contributed by atoms with E-state index in [0.29, 0.717) is 6.42 Å². The van der Waals surface area contributed by atoms with E-state index in [-0.39, 0.29) is 6.61 Å². The molecule has 5 heteroatoms. The molecule has 3 atom stereocenters. The summed E-state index contributed by atoms with van der Waals surface area (Å²) in [5, 5.41) is 32.6. The fourth-order valence-electron chi connectivity index (χ4n) is 4.02. The van der Waals surface area contributed by atoms with Crippen LogP contribution in [0.1, 0.15) is 129 Å². The number of rotatable bonds is 25. The first-order valence-corrected chi connectivity index (χ1v) is 14.8. The van der Waals surface area contributed by atoms with Crippen LogP contribution in [-0.2, 0) is 4.79 Å². The van der Waals surface area contributed by atoms with E-state index >= 15 is 0 Å². The van der Waals surface area contributed by atoms with Crippen molar-refractivity contribution in [2.24, 2.45) is 0 Å². The van der Waals surface area contributed by atoms with E-state index < -0.39 is 24.2 Å². The predicted molar refractivity (Wildman–Crippen MR) is 153 cm³/mol. The zero-order chi connectivity index (χ0) is 26.7. The second-order valence-electron chi connectivity index (χ2n) is 9.94. The topological polar surface area (TPSA) is 89.8 Å². The van der Waals surface area contributed by atoms with Gasteiger partial charge in [0.2, 0.25) is 5.91 Å². The number of carbonyl (C=O) groups is 1. The molecule has 36 heavy (non-hydrogen) atoms. The van der Waals surface area contributed by atoms with E-state index in [4.69, 9.17) is 0 Å². The predicted octanol–water partition coefficient (Wildman–Crippen LogP) is 6.92. The van der Waals surface area contributed by atoms with Crippen LogP contribution in [0.25, 0.3) is 0 Å². The van der Waals surface area contributed by atoms with Crippen LogP contribution in [0.4, 0.5) is 0 Å². The summed E-state index contributed by atoms with van der Waals surface area (Å²) in [6.07, 6.45) is 30.1. The largest absolute Gasteiger partial charge is 0.394 e. The van der Waals surface area contributed by atoms with Gasteiger partial charge in [-0.15, -0.1) is 0 Å². The van der Waals surface area contributed by atoms with Gasteiger partial charge in [0.05, 0.1) is 18.8 Å². The van der Waals surface area contributed by atoms with Gasteiger partial charge in [-0.1, -0.05) is 127 Å². The maximum Gasteiger partial charge on any atom is 0.249 e. The third-order valence-electron chi connectivity index (χ3n) is 6.46. The van der Waals surface area contributed by atoms with Crippen molar-refractivity contribution >= 4 is 5.91 Å². The zero-order valence-corrected chi connectivity index (χ0v) is 23.4. The SMILES string of the molecule is CCCC/C=C/CC/C=C/CC/C=C/C(O)C(CO)NC(=O)C(O)CCCCCCCCCCCC. The summed E-state index contributed by atoms with van der Waals surface area (Å²) < 4.78 is 0. The number of hydrogen-bond acceptors (Lipinski definition) is 4. The summed E-state index contributed by atoms with van der Waals surface area (Å²) in [7, 11) is 0. The van der Waals surface area contributed by atoms with Crippen molar-refractivity contribution in [3.63, 3.8) is 0 Å². The van der Waals surface area contributed by atoms with Gasteiger partial charge in [0.15, 0.2) is 0 Å². The first kappa shape index (κ1) is 34.6. The summed E-state index contributed by atoms with van der Waals surface area (Å²) in [5.74, 6) is -0.524. The Morgan fingerprint density at radius 2 is 1.14 bits per heavy atom. The molecule has 0 fully saturated rings. The molecule has 0 aliphatic rings. The minimum Gasteiger partial charge on any atom is -0.394 e. The highest BCUT2D eigenvalue weighted by atomic mass is 16.3. The van der Waals surface area contributed by atoms with E-state index in [2.05, 4.69) is 43.5 Å². The molecule has 4 N–H and O–H groups in total. The van der Waals surface area contributed by atoms with Crippen molar-refractivity contribution in [3.8, 4) is 0 Å². The lowest BCUT2D eigenvalue weighted by Crippen LogP contribution is -2.48. The molecule has 0 aromatic rings. The quantitative estimate of drug-likeness (QED) is 0.0798. The second-order valence-corrected chi connectivity index (χ2v) is 9.94. The van der Waals surface area contributed by atoms with Gasteiger partial charge in [-0.3, -0.25) is 4.79 Å². The summed E-state index contributed by atoms with van der Waals surface area (Å²) in [6.45, 7) is 4.05. The monoisotopic (exact) mass is 507 g/mol. The van der Waals surface area contributed by atoms with Crippen LogP contribution in [0.3, 0.4) is 0 Å². The molecule has 0 bridgehead atoms. The lowest BCUT2D eigenvalue weighted by molar-refractivity contribution is -0.131. The van der Waals surface area contributed by atoms with Crippen LogP contribution in [0.2, 0.25) is 0 Å². The number of hydrogen-bond donors (Lipinski definition) is 4. The summed E-state index contributed by atoms with van der Waals surface area (Å²) >= 11 is 0. The van der Waals surface area contributed by atoms with Crippen molar-refractivity contribution in [1.82, 2.24) is 5.32 Å². The minimum absolute atomic E-state index is 0.381. The molecule has 0 aromatic carbocycles. The maximum atomic E-state index is 12.3. The fourth-order valence-corrected chi connectivity index (χ4v) is 4.02. The molecule has 0 rings (SSSR count). The Hall–Kier alpha value is -1.43. The third kappa shape index (κ3) is 21.8. The minimum atomic E-state index is -1.10. The number of carbonyl (C=O) groups excluding carboxylic acids is 1. The Bertz CT molecular complexity index is 573. The standard InChI is InChI=1S/C31H57NO4/c1-3-5-7-9-11-13-15-16-18-19-21-23-25-29(34)28(27-33)32-31(36)30(35)26-24-22-20-17-14-12-10-8-6-4-2/h9,11,16,18,23,25,28-30,33-35H,3-8,10,12-15,17,19-22,24,26-27H2,1-2H3,(H,32,36)/b11-9+,18-16+,25-23+. The van der Waals surface area contributed by atoms with Gasteiger partial charge in [-0.05, 0) is 38.5 Å². The number of amides is 1. The molecule has 0 saturated carbocycles. The molecule has 0 aromatic heterocycles. The Morgan fingerprint density at radius 1 is 0.667 bits per heavy atom. The lowest BCUT2D eigenvalue weighted by atomic mass is 10.0. The Labute approximate surface area is 222 Å². The number of unbranched alkanes of at least 4 members (excludes halogenated alkanes) is 13. The smallest absolute Gasteiger partial charge is 0.249 e. The van der Waals surface area contributed by atoms with Gasteiger partial charge in [-0.2, -0.15) is 0 Å². The van der Waals surface area contributed by atoms with Gasteiger partial charge in [0.25, 0.3) is 0 Å². The van der Waals surface area contributed by atoms with Crippen LogP contribution in [0.5, 0.6) is 0 Å².